The molecule has 4 rings (SSSR count). The van der Waals surface area contributed by atoms with Crippen LogP contribution in [-0.4, -0.2) is 40.8 Å². The van der Waals surface area contributed by atoms with Gasteiger partial charge in [-0.25, -0.2) is 4.98 Å². The number of thioether (sulfide) groups is 1. The molecule has 0 aliphatic carbocycles. The number of carbonyl (C=O) groups excluding carboxylic acids is 2. The Kier molecular flexibility index (Phi) is 6.55. The van der Waals surface area contributed by atoms with E-state index in [1.54, 1.807) is 23.6 Å². The molecule has 32 heavy (non-hydrogen) atoms. The zero-order chi connectivity index (χ0) is 22.8. The van der Waals surface area contributed by atoms with Crippen LogP contribution in [0.1, 0.15) is 38.8 Å². The number of hydrogen-bond donors (Lipinski definition) is 0. The van der Waals surface area contributed by atoms with Gasteiger partial charge in [0.25, 0.3) is 0 Å². The first-order valence-corrected chi connectivity index (χ1v) is 12.3. The van der Waals surface area contributed by atoms with E-state index in [2.05, 4.69) is 13.8 Å². The predicted molar refractivity (Wildman–Crippen MR) is 128 cm³/mol. The molecular formula is C25H29N3O3S. The van der Waals surface area contributed by atoms with Gasteiger partial charge in [0.1, 0.15) is 0 Å². The molecule has 3 aromatic rings. The molecule has 168 valence electrons. The van der Waals surface area contributed by atoms with Gasteiger partial charge in [-0.05, 0) is 55.3 Å². The number of hydrogen-bond acceptors (Lipinski definition) is 5. The summed E-state index contributed by atoms with van der Waals surface area (Å²) in [5, 5.41) is 0. The zero-order valence-electron chi connectivity index (χ0n) is 18.9. The van der Waals surface area contributed by atoms with Crippen LogP contribution in [0.15, 0.2) is 53.4 Å². The first kappa shape index (κ1) is 22.4. The van der Waals surface area contributed by atoms with Crippen LogP contribution < -0.4 is 4.90 Å². The number of fused-ring (bicyclic) bond motifs is 3. The van der Waals surface area contributed by atoms with E-state index in [9.17, 15) is 9.59 Å². The lowest BCUT2D eigenvalue weighted by Gasteiger charge is -2.38. The Labute approximate surface area is 193 Å². The Morgan fingerprint density at radius 2 is 1.88 bits per heavy atom. The first-order valence-electron chi connectivity index (χ1n) is 11.0. The van der Waals surface area contributed by atoms with Crippen LogP contribution in [0.2, 0.25) is 0 Å². The largest absolute Gasteiger partial charge is 0.465 e. The number of aromatic nitrogens is 2. The summed E-state index contributed by atoms with van der Waals surface area (Å²) in [5.41, 5.74) is 2.60. The maximum Gasteiger partial charge on any atom is 0.321 e. The highest BCUT2D eigenvalue weighted by Gasteiger charge is 2.47. The average Bonchev–Trinajstić information content (AvgIpc) is 3.17. The first-order chi connectivity index (χ1) is 15.5. The van der Waals surface area contributed by atoms with E-state index in [1.807, 2.05) is 59.4 Å². The van der Waals surface area contributed by atoms with Crippen molar-refractivity contribution in [2.75, 3.05) is 24.3 Å². The van der Waals surface area contributed by atoms with Gasteiger partial charge in [0.15, 0.2) is 5.92 Å². The lowest BCUT2D eigenvalue weighted by molar-refractivity contribution is -0.153. The van der Waals surface area contributed by atoms with Crippen LogP contribution in [0.3, 0.4) is 0 Å². The van der Waals surface area contributed by atoms with Crippen LogP contribution in [0.25, 0.3) is 11.0 Å². The van der Waals surface area contributed by atoms with Gasteiger partial charge in [-0.2, -0.15) is 0 Å². The monoisotopic (exact) mass is 451 g/mol. The third-order valence-electron chi connectivity index (χ3n) is 5.87. The van der Waals surface area contributed by atoms with E-state index < -0.39 is 17.9 Å². The normalized spacial score (nSPS) is 18.3. The third-order valence-corrected chi connectivity index (χ3v) is 6.62. The summed E-state index contributed by atoms with van der Waals surface area (Å²) in [6.07, 6.45) is 2.84. The van der Waals surface area contributed by atoms with Crippen LogP contribution >= 0.6 is 11.8 Å². The van der Waals surface area contributed by atoms with Gasteiger partial charge in [-0.1, -0.05) is 38.1 Å². The number of benzene rings is 2. The maximum atomic E-state index is 13.8. The Hall–Kier alpha value is -2.80. The number of nitrogens with zero attached hydrogens (tertiary/aromatic N) is 3. The number of para-hydroxylation sites is 2. The topological polar surface area (TPSA) is 64.4 Å². The molecule has 0 radical (unpaired) electrons. The molecule has 0 unspecified atom stereocenters. The Bertz CT molecular complexity index is 1120. The van der Waals surface area contributed by atoms with Crippen molar-refractivity contribution in [2.45, 2.75) is 38.1 Å². The van der Waals surface area contributed by atoms with E-state index in [0.717, 1.165) is 27.9 Å². The van der Waals surface area contributed by atoms with Crippen molar-refractivity contribution in [3.8, 4) is 0 Å². The highest BCUT2D eigenvalue weighted by atomic mass is 32.2. The van der Waals surface area contributed by atoms with Gasteiger partial charge in [0.05, 0.1) is 23.7 Å². The molecule has 1 aromatic heterocycles. The smallest absolute Gasteiger partial charge is 0.321 e. The van der Waals surface area contributed by atoms with Crippen LogP contribution in [0.5, 0.6) is 0 Å². The second-order valence-corrected chi connectivity index (χ2v) is 9.27. The number of esters is 1. The second kappa shape index (κ2) is 9.36. The molecule has 0 spiro atoms. The van der Waals surface area contributed by atoms with Crippen LogP contribution in [0, 0.1) is 11.8 Å². The van der Waals surface area contributed by atoms with Crippen molar-refractivity contribution in [2.24, 2.45) is 11.8 Å². The van der Waals surface area contributed by atoms with E-state index in [1.165, 1.54) is 0 Å². The predicted octanol–water partition coefficient (Wildman–Crippen LogP) is 4.92. The fourth-order valence-electron chi connectivity index (χ4n) is 4.25. The van der Waals surface area contributed by atoms with Gasteiger partial charge in [-0.3, -0.25) is 14.5 Å². The van der Waals surface area contributed by atoms with E-state index in [0.29, 0.717) is 18.4 Å². The molecule has 1 aliphatic heterocycles. The molecule has 2 atom stereocenters. The highest BCUT2D eigenvalue weighted by Crippen LogP contribution is 2.41. The molecular weight excluding hydrogens is 422 g/mol. The second-order valence-electron chi connectivity index (χ2n) is 8.39. The van der Waals surface area contributed by atoms with Crippen molar-refractivity contribution in [3.63, 3.8) is 0 Å². The summed E-state index contributed by atoms with van der Waals surface area (Å²) in [7, 11) is 0. The van der Waals surface area contributed by atoms with Crippen LogP contribution in [-0.2, 0) is 14.3 Å². The molecule has 0 bridgehead atoms. The van der Waals surface area contributed by atoms with Gasteiger partial charge in [0, 0.05) is 11.4 Å². The molecule has 0 saturated heterocycles. The molecule has 6 nitrogen and oxygen atoms in total. The molecule has 0 fully saturated rings. The fraction of sp³-hybridized carbons (Fsp3) is 0.400. The number of carbonyl (C=O) groups is 2. The van der Waals surface area contributed by atoms with Crippen molar-refractivity contribution in [1.29, 1.82) is 0 Å². The lowest BCUT2D eigenvalue weighted by atomic mass is 9.89. The quantitative estimate of drug-likeness (QED) is 0.290. The molecule has 1 aliphatic rings. The summed E-state index contributed by atoms with van der Waals surface area (Å²) in [6.45, 7) is 6.74. The summed E-state index contributed by atoms with van der Waals surface area (Å²) < 4.78 is 7.45. The van der Waals surface area contributed by atoms with Gasteiger partial charge >= 0.3 is 5.97 Å². The van der Waals surface area contributed by atoms with E-state index >= 15 is 0 Å². The standard InChI is InChI=1S/C25H29N3O3S/c1-5-31-24(30)21-22(17-10-12-18(32-4)13-11-17)28-20-9-7-6-8-19(20)26-25(28)27(23(21)29)15-14-16(2)3/h6-13,16,21-22H,5,14-15H2,1-4H3/t21-,22+/m0/s1. The fourth-order valence-corrected chi connectivity index (χ4v) is 4.66. The minimum Gasteiger partial charge on any atom is -0.465 e. The Morgan fingerprint density at radius 1 is 1.16 bits per heavy atom. The summed E-state index contributed by atoms with van der Waals surface area (Å²) in [5.74, 6) is -0.692. The van der Waals surface area contributed by atoms with Crippen molar-refractivity contribution in [3.05, 3.63) is 54.1 Å². The number of imidazole rings is 1. The molecule has 1 amide bonds. The van der Waals surface area contributed by atoms with Gasteiger partial charge in [0.2, 0.25) is 11.9 Å². The Balaban J connectivity index is 1.94. The third kappa shape index (κ3) is 4.01. The van der Waals surface area contributed by atoms with E-state index in [4.69, 9.17) is 9.72 Å². The van der Waals surface area contributed by atoms with Gasteiger partial charge in [-0.15, -0.1) is 11.8 Å². The van der Waals surface area contributed by atoms with Crippen LogP contribution in [0.4, 0.5) is 5.95 Å². The average molecular weight is 452 g/mol. The molecule has 0 N–H and O–H groups in total. The number of anilines is 1. The highest BCUT2D eigenvalue weighted by molar-refractivity contribution is 7.98. The Morgan fingerprint density at radius 3 is 2.53 bits per heavy atom. The maximum absolute atomic E-state index is 13.8. The van der Waals surface area contributed by atoms with Crippen molar-refractivity contribution in [1.82, 2.24) is 9.55 Å². The minimum atomic E-state index is -0.965. The molecule has 0 saturated carbocycles. The molecule has 7 heteroatoms. The van der Waals surface area contributed by atoms with Crippen molar-refractivity contribution < 1.29 is 14.3 Å². The van der Waals surface area contributed by atoms with E-state index in [-0.39, 0.29) is 12.5 Å². The number of ether oxygens (including phenoxy) is 1. The molecule has 2 heterocycles. The number of rotatable bonds is 7. The summed E-state index contributed by atoms with van der Waals surface area (Å²) in [6, 6.07) is 15.4. The zero-order valence-corrected chi connectivity index (χ0v) is 19.8. The summed E-state index contributed by atoms with van der Waals surface area (Å²) >= 11 is 1.65. The van der Waals surface area contributed by atoms with Gasteiger partial charge < -0.3 is 9.30 Å². The van der Waals surface area contributed by atoms with Crippen molar-refractivity contribution >= 4 is 40.6 Å². The summed E-state index contributed by atoms with van der Waals surface area (Å²) in [4.78, 5) is 34.5. The number of amides is 1. The molecule has 2 aromatic carbocycles. The lowest BCUT2D eigenvalue weighted by Crippen LogP contribution is -2.50. The SMILES string of the molecule is CCOC(=O)[C@@H]1C(=O)N(CCC(C)C)c2nc3ccccc3n2[C@@H]1c1ccc(SC)cc1. The minimum absolute atomic E-state index is 0.226.